The molecule has 1 rings (SSSR count). The van der Waals surface area contributed by atoms with Gasteiger partial charge in [0.2, 0.25) is 0 Å². The maximum Gasteiger partial charge on any atom is 0.124 e. The Labute approximate surface area is 110 Å². The van der Waals surface area contributed by atoms with Crippen molar-refractivity contribution in [2.24, 2.45) is 11.5 Å². The minimum absolute atomic E-state index is 0. The quantitative estimate of drug-likeness (QED) is 0.853. The SMILES string of the molecule is COc1c(C)cc([C@@H](N)CCCN)cc1C.Cl. The van der Waals surface area contributed by atoms with Crippen molar-refractivity contribution in [2.45, 2.75) is 32.7 Å². The van der Waals surface area contributed by atoms with Crippen LogP contribution in [0.15, 0.2) is 12.1 Å². The Kier molecular flexibility index (Phi) is 7.19. The Morgan fingerprint density at radius 1 is 1.24 bits per heavy atom. The lowest BCUT2D eigenvalue weighted by atomic mass is 9.98. The number of nitrogens with two attached hydrogens (primary N) is 2. The third kappa shape index (κ3) is 4.19. The second-order valence-electron chi connectivity index (χ2n) is 4.23. The molecule has 0 heterocycles. The molecule has 1 aromatic carbocycles. The van der Waals surface area contributed by atoms with Gasteiger partial charge >= 0.3 is 0 Å². The molecule has 0 radical (unpaired) electrons. The number of ether oxygens (including phenoxy) is 1. The van der Waals surface area contributed by atoms with Crippen LogP contribution >= 0.6 is 12.4 Å². The largest absolute Gasteiger partial charge is 0.496 e. The smallest absolute Gasteiger partial charge is 0.124 e. The summed E-state index contributed by atoms with van der Waals surface area (Å²) < 4.78 is 5.33. The summed E-state index contributed by atoms with van der Waals surface area (Å²) in [6.07, 6.45) is 1.90. The normalized spacial score (nSPS) is 11.8. The number of methoxy groups -OCH3 is 1. The topological polar surface area (TPSA) is 61.3 Å². The van der Waals surface area contributed by atoms with Crippen molar-refractivity contribution in [1.82, 2.24) is 0 Å². The van der Waals surface area contributed by atoms with Crippen LogP contribution in [-0.2, 0) is 0 Å². The number of aryl methyl sites for hydroxylation is 2. The van der Waals surface area contributed by atoms with E-state index in [1.165, 1.54) is 5.56 Å². The van der Waals surface area contributed by atoms with E-state index in [2.05, 4.69) is 12.1 Å². The average molecular weight is 259 g/mol. The van der Waals surface area contributed by atoms with Crippen LogP contribution < -0.4 is 16.2 Å². The molecule has 0 saturated heterocycles. The molecule has 0 aromatic heterocycles. The maximum atomic E-state index is 6.11. The summed E-state index contributed by atoms with van der Waals surface area (Å²) in [7, 11) is 1.70. The summed E-state index contributed by atoms with van der Waals surface area (Å²) >= 11 is 0. The molecule has 98 valence electrons. The molecule has 4 heteroatoms. The van der Waals surface area contributed by atoms with Crippen LogP contribution in [0.25, 0.3) is 0 Å². The van der Waals surface area contributed by atoms with Crippen molar-refractivity contribution in [3.63, 3.8) is 0 Å². The minimum Gasteiger partial charge on any atom is -0.496 e. The molecular formula is C13H23ClN2O. The maximum absolute atomic E-state index is 6.11. The van der Waals surface area contributed by atoms with Crippen LogP contribution in [0.2, 0.25) is 0 Å². The van der Waals surface area contributed by atoms with Crippen LogP contribution in [0.5, 0.6) is 5.75 Å². The van der Waals surface area contributed by atoms with Gasteiger partial charge in [-0.1, -0.05) is 12.1 Å². The van der Waals surface area contributed by atoms with Gasteiger partial charge in [-0.25, -0.2) is 0 Å². The van der Waals surface area contributed by atoms with Gasteiger partial charge in [-0.15, -0.1) is 12.4 Å². The number of halogens is 1. The molecule has 0 amide bonds. The van der Waals surface area contributed by atoms with Gasteiger partial charge in [0.05, 0.1) is 7.11 Å². The molecule has 0 aliphatic heterocycles. The Bertz CT molecular complexity index is 332. The zero-order valence-corrected chi connectivity index (χ0v) is 11.6. The summed E-state index contributed by atoms with van der Waals surface area (Å²) in [6.45, 7) is 4.79. The summed E-state index contributed by atoms with van der Waals surface area (Å²) in [5.41, 5.74) is 15.0. The first kappa shape index (κ1) is 16.2. The summed E-state index contributed by atoms with van der Waals surface area (Å²) in [5, 5.41) is 0. The van der Waals surface area contributed by atoms with E-state index in [9.17, 15) is 0 Å². The van der Waals surface area contributed by atoms with Crippen molar-refractivity contribution in [3.05, 3.63) is 28.8 Å². The molecule has 17 heavy (non-hydrogen) atoms. The van der Waals surface area contributed by atoms with Crippen LogP contribution in [-0.4, -0.2) is 13.7 Å². The molecule has 3 nitrogen and oxygen atoms in total. The second kappa shape index (κ2) is 7.54. The van der Waals surface area contributed by atoms with Crippen molar-refractivity contribution in [3.8, 4) is 5.75 Å². The number of benzene rings is 1. The Hall–Kier alpha value is -0.770. The first-order valence-corrected chi connectivity index (χ1v) is 5.71. The van der Waals surface area contributed by atoms with Gasteiger partial charge in [0.1, 0.15) is 5.75 Å². The van der Waals surface area contributed by atoms with Gasteiger partial charge in [-0.2, -0.15) is 0 Å². The van der Waals surface area contributed by atoms with Crippen molar-refractivity contribution in [1.29, 1.82) is 0 Å². The summed E-state index contributed by atoms with van der Waals surface area (Å²) in [5.74, 6) is 0.953. The van der Waals surface area contributed by atoms with Crippen molar-refractivity contribution < 1.29 is 4.74 Å². The zero-order valence-electron chi connectivity index (χ0n) is 10.8. The predicted molar refractivity (Wildman–Crippen MR) is 74.9 cm³/mol. The molecule has 4 N–H and O–H groups in total. The fraction of sp³-hybridized carbons (Fsp3) is 0.538. The molecule has 1 atom stereocenters. The van der Waals surface area contributed by atoms with E-state index < -0.39 is 0 Å². The Balaban J connectivity index is 0.00000256. The first-order valence-electron chi connectivity index (χ1n) is 5.71. The van der Waals surface area contributed by atoms with Crippen LogP contribution in [0.4, 0.5) is 0 Å². The third-order valence-corrected chi connectivity index (χ3v) is 2.83. The highest BCUT2D eigenvalue weighted by Gasteiger charge is 2.10. The van der Waals surface area contributed by atoms with E-state index in [1.807, 2.05) is 13.8 Å². The van der Waals surface area contributed by atoms with Crippen molar-refractivity contribution in [2.75, 3.05) is 13.7 Å². The molecular weight excluding hydrogens is 236 g/mol. The summed E-state index contributed by atoms with van der Waals surface area (Å²) in [4.78, 5) is 0. The Morgan fingerprint density at radius 3 is 2.18 bits per heavy atom. The predicted octanol–water partition coefficient (Wildman–Crippen LogP) is 2.47. The standard InChI is InChI=1S/C13H22N2O.ClH/c1-9-7-11(12(15)5-4-6-14)8-10(2)13(9)16-3;/h7-8,12H,4-6,14-15H2,1-3H3;1H/t12-;/m0./s1. The number of hydrogen-bond acceptors (Lipinski definition) is 3. The molecule has 0 unspecified atom stereocenters. The van der Waals surface area contributed by atoms with Gasteiger partial charge in [0, 0.05) is 6.04 Å². The highest BCUT2D eigenvalue weighted by molar-refractivity contribution is 5.85. The highest BCUT2D eigenvalue weighted by Crippen LogP contribution is 2.27. The van der Waals surface area contributed by atoms with Crippen LogP contribution in [0.1, 0.15) is 35.6 Å². The number of hydrogen-bond donors (Lipinski definition) is 2. The lowest BCUT2D eigenvalue weighted by Crippen LogP contribution is -2.13. The van der Waals surface area contributed by atoms with Crippen LogP contribution in [0, 0.1) is 13.8 Å². The minimum atomic E-state index is 0. The molecule has 1 aromatic rings. The number of rotatable bonds is 5. The molecule has 0 spiro atoms. The van der Waals surface area contributed by atoms with E-state index in [0.29, 0.717) is 6.54 Å². The van der Waals surface area contributed by atoms with Gasteiger partial charge < -0.3 is 16.2 Å². The molecule has 0 saturated carbocycles. The lowest BCUT2D eigenvalue weighted by molar-refractivity contribution is 0.408. The Morgan fingerprint density at radius 2 is 1.76 bits per heavy atom. The van der Waals surface area contributed by atoms with E-state index in [-0.39, 0.29) is 18.4 Å². The highest BCUT2D eigenvalue weighted by atomic mass is 35.5. The van der Waals surface area contributed by atoms with E-state index >= 15 is 0 Å². The second-order valence-corrected chi connectivity index (χ2v) is 4.23. The van der Waals surface area contributed by atoms with E-state index in [4.69, 9.17) is 16.2 Å². The van der Waals surface area contributed by atoms with Gasteiger partial charge in [0.25, 0.3) is 0 Å². The zero-order chi connectivity index (χ0) is 12.1. The fourth-order valence-corrected chi connectivity index (χ4v) is 2.02. The molecule has 0 aliphatic carbocycles. The third-order valence-electron chi connectivity index (χ3n) is 2.83. The average Bonchev–Trinajstić information content (AvgIpc) is 2.25. The first-order chi connectivity index (χ1) is 7.60. The van der Waals surface area contributed by atoms with E-state index in [1.54, 1.807) is 7.11 Å². The van der Waals surface area contributed by atoms with Crippen LogP contribution in [0.3, 0.4) is 0 Å². The fourth-order valence-electron chi connectivity index (χ4n) is 2.02. The van der Waals surface area contributed by atoms with Gasteiger partial charge in [-0.3, -0.25) is 0 Å². The van der Waals surface area contributed by atoms with E-state index in [0.717, 1.165) is 29.7 Å². The molecule has 0 aliphatic rings. The van der Waals surface area contributed by atoms with Crippen molar-refractivity contribution >= 4 is 12.4 Å². The monoisotopic (exact) mass is 258 g/mol. The molecule has 0 bridgehead atoms. The lowest BCUT2D eigenvalue weighted by Gasteiger charge is -2.16. The van der Waals surface area contributed by atoms with Gasteiger partial charge in [0.15, 0.2) is 0 Å². The van der Waals surface area contributed by atoms with Gasteiger partial charge in [-0.05, 0) is 49.9 Å². The summed E-state index contributed by atoms with van der Waals surface area (Å²) in [6, 6.07) is 4.28. The molecule has 0 fully saturated rings.